The quantitative estimate of drug-likeness (QED) is 0.853. The summed E-state index contributed by atoms with van der Waals surface area (Å²) in [7, 11) is 0. The monoisotopic (exact) mass is 359 g/mol. The van der Waals surface area contributed by atoms with Gasteiger partial charge in [-0.2, -0.15) is 0 Å². The Labute approximate surface area is 150 Å². The van der Waals surface area contributed by atoms with E-state index in [1.54, 1.807) is 34.1 Å². The van der Waals surface area contributed by atoms with Gasteiger partial charge in [0.15, 0.2) is 5.78 Å². The van der Waals surface area contributed by atoms with Gasteiger partial charge in [-0.1, -0.05) is 6.07 Å². The maximum atomic E-state index is 13.9. The van der Waals surface area contributed by atoms with Gasteiger partial charge in [-0.15, -0.1) is 0 Å². The van der Waals surface area contributed by atoms with Crippen LogP contribution in [0.15, 0.2) is 42.5 Å². The van der Waals surface area contributed by atoms with Gasteiger partial charge in [-0.05, 0) is 43.3 Å². The second-order valence-electron chi connectivity index (χ2n) is 6.11. The highest BCUT2D eigenvalue weighted by Crippen LogP contribution is 2.24. The molecule has 2 aromatic rings. The summed E-state index contributed by atoms with van der Waals surface area (Å²) in [6.07, 6.45) is 0. The van der Waals surface area contributed by atoms with Gasteiger partial charge in [0.2, 0.25) is 0 Å². The number of anilines is 2. The van der Waals surface area contributed by atoms with Crippen LogP contribution in [0.4, 0.5) is 25.0 Å². The number of hydrogen-bond acceptors (Lipinski definition) is 3. The highest BCUT2D eigenvalue weighted by molar-refractivity contribution is 5.95. The van der Waals surface area contributed by atoms with Gasteiger partial charge in [-0.3, -0.25) is 4.79 Å². The molecule has 1 fully saturated rings. The number of rotatable bonds is 3. The van der Waals surface area contributed by atoms with Crippen LogP contribution in [0.1, 0.15) is 17.3 Å². The van der Waals surface area contributed by atoms with Gasteiger partial charge in [0, 0.05) is 37.4 Å². The lowest BCUT2D eigenvalue weighted by Gasteiger charge is -2.36. The van der Waals surface area contributed by atoms with Crippen molar-refractivity contribution in [2.75, 3.05) is 36.4 Å². The molecule has 0 aliphatic carbocycles. The van der Waals surface area contributed by atoms with Crippen LogP contribution in [-0.2, 0) is 0 Å². The molecule has 0 atom stereocenters. The van der Waals surface area contributed by atoms with Crippen LogP contribution in [0.5, 0.6) is 0 Å². The third-order valence-electron chi connectivity index (χ3n) is 4.36. The summed E-state index contributed by atoms with van der Waals surface area (Å²) >= 11 is 0. The van der Waals surface area contributed by atoms with Crippen LogP contribution in [0.2, 0.25) is 0 Å². The topological polar surface area (TPSA) is 52.7 Å². The van der Waals surface area contributed by atoms with E-state index in [4.69, 9.17) is 0 Å². The van der Waals surface area contributed by atoms with Crippen molar-refractivity contribution in [1.29, 1.82) is 0 Å². The number of benzene rings is 2. The van der Waals surface area contributed by atoms with Gasteiger partial charge >= 0.3 is 6.03 Å². The number of nitrogens with one attached hydrogen (secondary N) is 1. The van der Waals surface area contributed by atoms with Crippen molar-refractivity contribution < 1.29 is 18.4 Å². The Morgan fingerprint density at radius 3 is 2.04 bits per heavy atom. The van der Waals surface area contributed by atoms with E-state index in [0.717, 1.165) is 0 Å². The maximum absolute atomic E-state index is 13.9. The summed E-state index contributed by atoms with van der Waals surface area (Å²) in [5, 5.41) is 2.76. The molecule has 5 nitrogen and oxygen atoms in total. The molecule has 2 amide bonds. The van der Waals surface area contributed by atoms with Crippen LogP contribution in [0.25, 0.3) is 0 Å². The molecule has 1 N–H and O–H groups in total. The molecule has 2 aromatic carbocycles. The van der Waals surface area contributed by atoms with Crippen LogP contribution >= 0.6 is 0 Å². The number of nitrogens with zero attached hydrogens (tertiary/aromatic N) is 2. The fourth-order valence-corrected chi connectivity index (χ4v) is 2.92. The first-order valence-electron chi connectivity index (χ1n) is 8.31. The van der Waals surface area contributed by atoms with E-state index < -0.39 is 11.6 Å². The molecule has 1 heterocycles. The normalized spacial score (nSPS) is 14.3. The van der Waals surface area contributed by atoms with Crippen molar-refractivity contribution in [1.82, 2.24) is 4.90 Å². The molecule has 0 saturated carbocycles. The van der Waals surface area contributed by atoms with Gasteiger partial charge in [0.05, 0.1) is 0 Å². The van der Waals surface area contributed by atoms with Crippen molar-refractivity contribution in [3.05, 3.63) is 59.7 Å². The SMILES string of the molecule is CC(=O)c1ccc(NC(=O)N2CCN(c3c(F)cccc3F)CC2)cc1. The Bertz CT molecular complexity index is 796. The van der Waals surface area contributed by atoms with E-state index in [-0.39, 0.29) is 17.5 Å². The van der Waals surface area contributed by atoms with Crippen LogP contribution in [0, 0.1) is 11.6 Å². The average Bonchev–Trinajstić information content (AvgIpc) is 2.62. The van der Waals surface area contributed by atoms with Crippen molar-refractivity contribution in [2.24, 2.45) is 0 Å². The smallest absolute Gasteiger partial charge is 0.321 e. The number of Topliss-reactive ketones (excluding diaryl/α,β-unsaturated/α-hetero) is 1. The van der Waals surface area contributed by atoms with Crippen molar-refractivity contribution >= 4 is 23.2 Å². The summed E-state index contributed by atoms with van der Waals surface area (Å²) in [6.45, 7) is 2.87. The molecule has 0 bridgehead atoms. The lowest BCUT2D eigenvalue weighted by atomic mass is 10.1. The number of amides is 2. The zero-order valence-corrected chi connectivity index (χ0v) is 14.3. The third kappa shape index (κ3) is 3.82. The molecule has 3 rings (SSSR count). The zero-order chi connectivity index (χ0) is 18.7. The first kappa shape index (κ1) is 17.8. The van der Waals surface area contributed by atoms with E-state index in [1.165, 1.54) is 25.1 Å². The fourth-order valence-electron chi connectivity index (χ4n) is 2.92. The molecule has 0 aromatic heterocycles. The minimum Gasteiger partial charge on any atom is -0.363 e. The molecule has 1 aliphatic rings. The minimum atomic E-state index is -0.603. The Kier molecular flexibility index (Phi) is 5.16. The molecule has 0 spiro atoms. The van der Waals surface area contributed by atoms with Crippen LogP contribution in [-0.4, -0.2) is 42.9 Å². The Morgan fingerprint density at radius 1 is 0.923 bits per heavy atom. The third-order valence-corrected chi connectivity index (χ3v) is 4.36. The van der Waals surface area contributed by atoms with E-state index >= 15 is 0 Å². The number of ketones is 1. The number of urea groups is 1. The molecule has 26 heavy (non-hydrogen) atoms. The number of piperazine rings is 1. The first-order chi connectivity index (χ1) is 12.5. The molecular weight excluding hydrogens is 340 g/mol. The van der Waals surface area contributed by atoms with Crippen molar-refractivity contribution in [3.63, 3.8) is 0 Å². The van der Waals surface area contributed by atoms with E-state index in [1.807, 2.05) is 0 Å². The number of para-hydroxylation sites is 1. The van der Waals surface area contributed by atoms with E-state index in [0.29, 0.717) is 37.4 Å². The highest BCUT2D eigenvalue weighted by Gasteiger charge is 2.24. The molecular formula is C19H19F2N3O2. The van der Waals surface area contributed by atoms with Gasteiger partial charge in [0.25, 0.3) is 0 Å². The molecule has 0 radical (unpaired) electrons. The van der Waals surface area contributed by atoms with Crippen molar-refractivity contribution in [2.45, 2.75) is 6.92 Å². The van der Waals surface area contributed by atoms with Gasteiger partial charge < -0.3 is 15.1 Å². The molecule has 1 saturated heterocycles. The standard InChI is InChI=1S/C19H19F2N3O2/c1-13(25)14-5-7-15(8-6-14)22-19(26)24-11-9-23(10-12-24)18-16(20)3-2-4-17(18)21/h2-8H,9-12H2,1H3,(H,22,26). The van der Waals surface area contributed by atoms with E-state index in [2.05, 4.69) is 5.32 Å². The first-order valence-corrected chi connectivity index (χ1v) is 8.31. The predicted octanol–water partition coefficient (Wildman–Crippen LogP) is 3.52. The summed E-state index contributed by atoms with van der Waals surface area (Å²) in [6, 6.07) is 10.1. The molecule has 7 heteroatoms. The number of carbonyl (C=O) groups excluding carboxylic acids is 2. The second-order valence-corrected chi connectivity index (χ2v) is 6.11. The minimum absolute atomic E-state index is 0.0422. The average molecular weight is 359 g/mol. The summed E-state index contributed by atoms with van der Waals surface area (Å²) < 4.78 is 27.7. The number of halogens is 2. The summed E-state index contributed by atoms with van der Waals surface area (Å²) in [5.41, 5.74) is 1.11. The molecule has 0 unspecified atom stereocenters. The van der Waals surface area contributed by atoms with Gasteiger partial charge in [0.1, 0.15) is 17.3 Å². The van der Waals surface area contributed by atoms with Crippen molar-refractivity contribution in [3.8, 4) is 0 Å². The van der Waals surface area contributed by atoms with Crippen LogP contribution < -0.4 is 10.2 Å². The number of hydrogen-bond donors (Lipinski definition) is 1. The Hall–Kier alpha value is -2.96. The zero-order valence-electron chi connectivity index (χ0n) is 14.3. The largest absolute Gasteiger partial charge is 0.363 e. The second kappa shape index (κ2) is 7.51. The van der Waals surface area contributed by atoms with E-state index in [9.17, 15) is 18.4 Å². The lowest BCUT2D eigenvalue weighted by molar-refractivity contribution is 0.101. The molecule has 1 aliphatic heterocycles. The predicted molar refractivity (Wildman–Crippen MR) is 95.6 cm³/mol. The highest BCUT2D eigenvalue weighted by atomic mass is 19.1. The Balaban J connectivity index is 1.59. The maximum Gasteiger partial charge on any atom is 0.321 e. The summed E-state index contributed by atoms with van der Waals surface area (Å²) in [5.74, 6) is -1.25. The Morgan fingerprint density at radius 2 is 1.50 bits per heavy atom. The number of carbonyl (C=O) groups is 2. The van der Waals surface area contributed by atoms with Crippen LogP contribution in [0.3, 0.4) is 0 Å². The lowest BCUT2D eigenvalue weighted by Crippen LogP contribution is -2.50. The fraction of sp³-hybridized carbons (Fsp3) is 0.263. The summed E-state index contributed by atoms with van der Waals surface area (Å²) in [4.78, 5) is 26.8. The van der Waals surface area contributed by atoms with Gasteiger partial charge in [-0.25, -0.2) is 13.6 Å². The molecule has 136 valence electrons.